The quantitative estimate of drug-likeness (QED) is 0.130. The summed E-state index contributed by atoms with van der Waals surface area (Å²) >= 11 is -0.464. The minimum absolute atomic E-state index is 0. The zero-order valence-corrected chi connectivity index (χ0v) is 30.7. The molecule has 6 rings (SSSR count). The molecule has 3 heterocycles. The van der Waals surface area contributed by atoms with Crippen LogP contribution in [0.2, 0.25) is 17.3 Å². The molecule has 0 amide bonds. The summed E-state index contributed by atoms with van der Waals surface area (Å²) in [5, 5.41) is 0.770. The smallest absolute Gasteiger partial charge is 0.305 e. The summed E-state index contributed by atoms with van der Waals surface area (Å²) in [6.07, 6.45) is -0.799. The minimum Gasteiger partial charge on any atom is -0.305 e. The van der Waals surface area contributed by atoms with Gasteiger partial charge in [-0.05, 0) is 39.4 Å². The van der Waals surface area contributed by atoms with Gasteiger partial charge < -0.3 is 4.98 Å². The molecule has 0 atom stereocenters. The number of thiophene rings is 1. The molecule has 229 valence electrons. The van der Waals surface area contributed by atoms with Crippen molar-refractivity contribution in [3.8, 4) is 22.5 Å². The number of fused-ring (bicyclic) bond motifs is 3. The van der Waals surface area contributed by atoms with Crippen molar-refractivity contribution < 1.29 is 34.6 Å². The minimum atomic E-state index is -4.46. The third kappa shape index (κ3) is 7.34. The van der Waals surface area contributed by atoms with Crippen LogP contribution in [0.3, 0.4) is 0 Å². The van der Waals surface area contributed by atoms with Gasteiger partial charge in [0.05, 0.1) is 0 Å². The van der Waals surface area contributed by atoms with E-state index in [4.69, 9.17) is 1.37 Å². The number of hydrogen-bond acceptors (Lipinski definition) is 3. The van der Waals surface area contributed by atoms with Gasteiger partial charge in [0.15, 0.2) is 0 Å². The van der Waals surface area contributed by atoms with E-state index in [1.165, 1.54) is 21.3 Å². The zero-order valence-electron chi connectivity index (χ0n) is 26.4. The first kappa shape index (κ1) is 32.6. The molecule has 0 saturated heterocycles. The number of halogens is 3. The average molecular weight is 849 g/mol. The summed E-state index contributed by atoms with van der Waals surface area (Å²) in [6, 6.07) is 27.8. The van der Waals surface area contributed by atoms with Crippen LogP contribution in [0.1, 0.15) is 37.8 Å². The first-order valence-electron chi connectivity index (χ1n) is 14.5. The maximum atomic E-state index is 13.6. The molecule has 0 aliphatic heterocycles. The Morgan fingerprint density at radius 2 is 1.66 bits per heavy atom. The molecule has 0 spiro atoms. The first-order valence-corrected chi connectivity index (χ1v) is 22.1. The SMILES string of the molecule is Cc1cc(-c2[c-]cccc2)nc[c]1[Ge]([CH3])([CH3])[CH3].[2H]C(C)(C)c1ccnc(-c2[c-]cc(C(F)(F)F)c3c2sc2ccccc23)c1.[Ir]. The van der Waals surface area contributed by atoms with Crippen LogP contribution in [0.25, 0.3) is 42.7 Å². The Labute approximate surface area is 278 Å². The van der Waals surface area contributed by atoms with Gasteiger partial charge in [0, 0.05) is 32.4 Å². The monoisotopic (exact) mass is 850 g/mol. The average Bonchev–Trinajstić information content (AvgIpc) is 3.35. The summed E-state index contributed by atoms with van der Waals surface area (Å²) in [6.45, 7) is 5.72. The molecule has 0 N–H and O–H groups in total. The second kappa shape index (κ2) is 13.7. The van der Waals surface area contributed by atoms with E-state index in [2.05, 4.69) is 64.6 Å². The Morgan fingerprint density at radius 3 is 2.30 bits per heavy atom. The van der Waals surface area contributed by atoms with Crippen molar-refractivity contribution in [3.63, 3.8) is 0 Å². The zero-order chi connectivity index (χ0) is 31.9. The van der Waals surface area contributed by atoms with Crippen molar-refractivity contribution in [3.05, 3.63) is 114 Å². The summed E-state index contributed by atoms with van der Waals surface area (Å²) < 4.78 is 51.9. The molecule has 3 aromatic carbocycles. The number of nitrogens with zero attached hydrogens (tertiary/aromatic N) is 2. The van der Waals surface area contributed by atoms with E-state index in [1.54, 1.807) is 44.3 Å². The summed E-state index contributed by atoms with van der Waals surface area (Å²) in [5.41, 5.74) is 4.59. The van der Waals surface area contributed by atoms with E-state index in [-0.39, 0.29) is 25.5 Å². The first-order chi connectivity index (χ1) is 20.6. The van der Waals surface area contributed by atoms with E-state index < -0.39 is 30.9 Å². The van der Waals surface area contributed by atoms with Crippen molar-refractivity contribution in [2.45, 2.75) is 50.1 Å². The van der Waals surface area contributed by atoms with Gasteiger partial charge in [-0.3, -0.25) is 0 Å². The fourth-order valence-corrected chi connectivity index (χ4v) is 9.92. The Kier molecular flexibility index (Phi) is 10.1. The van der Waals surface area contributed by atoms with Crippen LogP contribution in [0.5, 0.6) is 0 Å². The molecule has 0 saturated carbocycles. The van der Waals surface area contributed by atoms with Gasteiger partial charge in [0.2, 0.25) is 0 Å². The largest absolute Gasteiger partial charge is 0.382 e. The van der Waals surface area contributed by atoms with Crippen LogP contribution < -0.4 is 4.40 Å². The van der Waals surface area contributed by atoms with Crippen LogP contribution in [0.4, 0.5) is 13.2 Å². The van der Waals surface area contributed by atoms with Gasteiger partial charge in [-0.2, -0.15) is 24.5 Å². The molecule has 2 nitrogen and oxygen atoms in total. The van der Waals surface area contributed by atoms with Crippen LogP contribution >= 0.6 is 11.3 Å². The van der Waals surface area contributed by atoms with Crippen molar-refractivity contribution in [2.24, 2.45) is 0 Å². The Balaban J connectivity index is 0.000000222. The van der Waals surface area contributed by atoms with E-state index in [0.717, 1.165) is 27.6 Å². The van der Waals surface area contributed by atoms with Gasteiger partial charge >= 0.3 is 112 Å². The normalized spacial score (nSPS) is 12.3. The number of aromatic nitrogens is 2. The van der Waals surface area contributed by atoms with Crippen LogP contribution in [-0.2, 0) is 26.3 Å². The Bertz CT molecular complexity index is 1940. The second-order valence-electron chi connectivity index (χ2n) is 11.7. The van der Waals surface area contributed by atoms with Crippen molar-refractivity contribution >= 4 is 49.2 Å². The van der Waals surface area contributed by atoms with Crippen LogP contribution in [0, 0.1) is 19.1 Å². The fraction of sp³-hybridized carbons (Fsp3) is 0.222. The third-order valence-electron chi connectivity index (χ3n) is 7.26. The second-order valence-corrected chi connectivity index (χ2v) is 23.3. The van der Waals surface area contributed by atoms with Crippen molar-refractivity contribution in [1.29, 1.82) is 0 Å². The molecule has 44 heavy (non-hydrogen) atoms. The third-order valence-corrected chi connectivity index (χ3v) is 12.9. The molecule has 0 fully saturated rings. The van der Waals surface area contributed by atoms with Gasteiger partial charge in [-0.1, -0.05) is 49.1 Å². The van der Waals surface area contributed by atoms with Gasteiger partial charge in [-0.15, -0.1) is 17.7 Å². The molecule has 8 heteroatoms. The standard InChI is InChI=1S/C21H15F3NS.C15H18GeN.Ir/c1-12(2)13-9-10-25-17(11-13)14-7-8-16(21(22,23)24)19-15-5-3-4-6-18(15)26-20(14)19;1-12-10-15(13-8-6-5-7-9-13)17-11-14(12)16(2,3)4;/h3-6,8-12H,1-2H3;5-8,10-11H,1-4H3;/q2*-1;/i12D;;. The topological polar surface area (TPSA) is 25.8 Å². The van der Waals surface area contributed by atoms with Crippen LogP contribution in [0.15, 0.2) is 85.2 Å². The van der Waals surface area contributed by atoms with E-state index in [1.807, 2.05) is 30.3 Å². The van der Waals surface area contributed by atoms with E-state index in [9.17, 15) is 13.2 Å². The molecule has 3 aromatic heterocycles. The number of pyridine rings is 2. The Hall–Kier alpha value is -2.84. The predicted molar refractivity (Wildman–Crippen MR) is 177 cm³/mol. The molecule has 1 radical (unpaired) electrons. The molecule has 0 aliphatic carbocycles. The molecule has 0 unspecified atom stereocenters. The summed E-state index contributed by atoms with van der Waals surface area (Å²) in [7, 11) is 0. The van der Waals surface area contributed by atoms with Gasteiger partial charge in [-0.25, -0.2) is 0 Å². The molecular weight excluding hydrogens is 814 g/mol. The fourth-order valence-electron chi connectivity index (χ4n) is 5.10. The number of aryl methyl sites for hydroxylation is 1. The number of benzene rings is 3. The molecule has 6 aromatic rings. The molecule has 0 aliphatic rings. The maximum Gasteiger partial charge on any atom is 0.382 e. The maximum absolute atomic E-state index is 13.6. The van der Waals surface area contributed by atoms with E-state index >= 15 is 0 Å². The number of rotatable bonds is 4. The Morgan fingerprint density at radius 1 is 0.932 bits per heavy atom. The van der Waals surface area contributed by atoms with Crippen molar-refractivity contribution in [1.82, 2.24) is 9.97 Å². The van der Waals surface area contributed by atoms with Gasteiger partial charge in [0.1, 0.15) is 0 Å². The number of hydrogen-bond donors (Lipinski definition) is 0. The molecular formula is C36H33F3GeIrN2S-2. The summed E-state index contributed by atoms with van der Waals surface area (Å²) in [4.78, 5) is 8.94. The van der Waals surface area contributed by atoms with E-state index in [0.29, 0.717) is 21.3 Å². The van der Waals surface area contributed by atoms with Crippen molar-refractivity contribution in [2.75, 3.05) is 0 Å². The summed E-state index contributed by atoms with van der Waals surface area (Å²) in [5.74, 6) is 6.37. The molecule has 0 bridgehead atoms. The predicted octanol–water partition coefficient (Wildman–Crippen LogP) is 10.5. The number of alkyl halides is 3. The van der Waals surface area contributed by atoms with Crippen LogP contribution in [-0.4, -0.2) is 23.2 Å². The van der Waals surface area contributed by atoms with Gasteiger partial charge in [0.25, 0.3) is 0 Å².